The predicted molar refractivity (Wildman–Crippen MR) is 110 cm³/mol. The number of rotatable bonds is 4. The summed E-state index contributed by atoms with van der Waals surface area (Å²) in [6.45, 7) is 24.9. The average molecular weight is 447 g/mol. The minimum absolute atomic E-state index is 0. The number of hydrogen-bond acceptors (Lipinski definition) is 1. The van der Waals surface area contributed by atoms with E-state index in [1.54, 1.807) is 0 Å². The molecule has 26 heavy (non-hydrogen) atoms. The fraction of sp³-hybridized carbons (Fsp3) is 0.609. The van der Waals surface area contributed by atoms with Gasteiger partial charge in [-0.15, -0.1) is 0 Å². The van der Waals surface area contributed by atoms with E-state index in [0.29, 0.717) is 17.9 Å². The molecule has 0 spiro atoms. The molecule has 0 N–H and O–H groups in total. The van der Waals surface area contributed by atoms with Crippen molar-refractivity contribution in [3.05, 3.63) is 39.2 Å². The Morgan fingerprint density at radius 3 is 1.38 bits per heavy atom. The van der Waals surface area contributed by atoms with Crippen molar-refractivity contribution in [2.24, 2.45) is 0 Å². The molecular formula is C23H36N2Pd. The molecule has 3 heteroatoms. The molecule has 0 unspecified atom stereocenters. The number of hydrogen-bond donors (Lipinski definition) is 0. The molecule has 1 aromatic heterocycles. The summed E-state index contributed by atoms with van der Waals surface area (Å²) in [7, 11) is 0. The van der Waals surface area contributed by atoms with E-state index in [4.69, 9.17) is 5.10 Å². The van der Waals surface area contributed by atoms with Crippen molar-refractivity contribution in [3.63, 3.8) is 0 Å². The van der Waals surface area contributed by atoms with E-state index in [0.717, 1.165) is 0 Å². The number of aromatic nitrogens is 2. The second-order valence-electron chi connectivity index (χ2n) is 8.49. The van der Waals surface area contributed by atoms with Crippen LogP contribution >= 0.6 is 0 Å². The molecule has 0 radical (unpaired) electrons. The molecule has 0 amide bonds. The van der Waals surface area contributed by atoms with Crippen LogP contribution in [0.3, 0.4) is 0 Å². The summed E-state index contributed by atoms with van der Waals surface area (Å²) in [6.07, 6.45) is 0. The summed E-state index contributed by atoms with van der Waals surface area (Å²) in [5, 5.41) is 5.09. The molecule has 148 valence electrons. The van der Waals surface area contributed by atoms with E-state index >= 15 is 0 Å². The summed E-state index contributed by atoms with van der Waals surface area (Å²) >= 11 is 0. The van der Waals surface area contributed by atoms with Gasteiger partial charge in [-0.1, -0.05) is 27.7 Å². The zero-order chi connectivity index (χ0) is 19.2. The molecule has 0 saturated heterocycles. The summed E-state index contributed by atoms with van der Waals surface area (Å²) in [4.78, 5) is 0. The molecule has 0 aliphatic carbocycles. The minimum Gasteiger partial charge on any atom is -0.266 e. The van der Waals surface area contributed by atoms with Gasteiger partial charge in [-0.3, -0.25) is 4.68 Å². The fourth-order valence-electron chi connectivity index (χ4n) is 3.95. The largest absolute Gasteiger partial charge is 0.266 e. The van der Waals surface area contributed by atoms with Gasteiger partial charge < -0.3 is 0 Å². The van der Waals surface area contributed by atoms with Crippen molar-refractivity contribution >= 4 is 0 Å². The summed E-state index contributed by atoms with van der Waals surface area (Å²) in [6, 6.07) is 0.372. The van der Waals surface area contributed by atoms with Crippen LogP contribution in [-0.2, 0) is 20.4 Å². The van der Waals surface area contributed by atoms with Gasteiger partial charge in [-0.2, -0.15) is 5.10 Å². The van der Waals surface area contributed by atoms with Gasteiger partial charge in [0.05, 0.1) is 5.69 Å². The van der Waals surface area contributed by atoms with Gasteiger partial charge in [-0.25, -0.2) is 0 Å². The number of benzene rings is 1. The molecule has 0 saturated carbocycles. The topological polar surface area (TPSA) is 17.8 Å². The van der Waals surface area contributed by atoms with Crippen molar-refractivity contribution in [2.45, 2.75) is 94.0 Å². The second-order valence-corrected chi connectivity index (χ2v) is 8.49. The van der Waals surface area contributed by atoms with Crippen molar-refractivity contribution in [1.29, 1.82) is 0 Å². The molecular weight excluding hydrogens is 411 g/mol. The van der Waals surface area contributed by atoms with Crippen LogP contribution in [0.5, 0.6) is 0 Å². The van der Waals surface area contributed by atoms with Gasteiger partial charge >= 0.3 is 0 Å². The zero-order valence-electron chi connectivity index (χ0n) is 18.4. The van der Waals surface area contributed by atoms with E-state index in [1.807, 2.05) is 0 Å². The molecule has 1 aromatic carbocycles. The quantitative estimate of drug-likeness (QED) is 0.466. The third kappa shape index (κ3) is 3.71. The van der Waals surface area contributed by atoms with Crippen LogP contribution in [0.4, 0.5) is 0 Å². The van der Waals surface area contributed by atoms with Gasteiger partial charge in [0, 0.05) is 37.7 Å². The third-order valence-electron chi connectivity index (χ3n) is 5.81. The van der Waals surface area contributed by atoms with Crippen molar-refractivity contribution in [1.82, 2.24) is 9.78 Å². The van der Waals surface area contributed by atoms with E-state index in [9.17, 15) is 0 Å². The maximum absolute atomic E-state index is 5.09. The third-order valence-corrected chi connectivity index (χ3v) is 5.81. The molecule has 2 rings (SSSR count). The first-order chi connectivity index (χ1) is 11.5. The molecule has 1 heterocycles. The van der Waals surface area contributed by atoms with E-state index in [1.165, 1.54) is 50.3 Å². The summed E-state index contributed by atoms with van der Waals surface area (Å²) < 4.78 is 2.26. The Kier molecular flexibility index (Phi) is 7.48. The Bertz CT molecular complexity index is 766. The van der Waals surface area contributed by atoms with Crippen LogP contribution in [0.2, 0.25) is 0 Å². The first-order valence-electron chi connectivity index (χ1n) is 9.70. The van der Waals surface area contributed by atoms with Gasteiger partial charge in [0.15, 0.2) is 0 Å². The van der Waals surface area contributed by atoms with Gasteiger partial charge in [-0.05, 0) is 93.7 Å². The Hall–Kier alpha value is -0.908. The van der Waals surface area contributed by atoms with Crippen molar-refractivity contribution in [3.8, 4) is 11.1 Å². The van der Waals surface area contributed by atoms with Gasteiger partial charge in [0.25, 0.3) is 0 Å². The molecule has 0 aliphatic rings. The van der Waals surface area contributed by atoms with Crippen LogP contribution in [0.25, 0.3) is 11.1 Å². The summed E-state index contributed by atoms with van der Waals surface area (Å²) in [5.41, 5.74) is 12.5. The Morgan fingerprint density at radius 1 is 0.615 bits per heavy atom. The predicted octanol–water partition coefficient (Wildman–Crippen LogP) is 6.92. The molecule has 0 atom stereocenters. The Labute approximate surface area is 174 Å². The van der Waals surface area contributed by atoms with E-state index < -0.39 is 0 Å². The number of nitrogens with zero attached hydrogens (tertiary/aromatic N) is 2. The van der Waals surface area contributed by atoms with E-state index in [2.05, 4.69) is 80.8 Å². The van der Waals surface area contributed by atoms with Gasteiger partial charge in [0.1, 0.15) is 0 Å². The molecule has 0 fully saturated rings. The molecule has 0 bridgehead atoms. The van der Waals surface area contributed by atoms with Crippen LogP contribution in [0.15, 0.2) is 0 Å². The molecule has 0 aliphatic heterocycles. The molecule has 2 aromatic rings. The monoisotopic (exact) mass is 446 g/mol. The second kappa shape index (κ2) is 8.41. The zero-order valence-corrected chi connectivity index (χ0v) is 20.0. The van der Waals surface area contributed by atoms with Crippen LogP contribution in [0.1, 0.15) is 98.6 Å². The van der Waals surface area contributed by atoms with Crippen LogP contribution < -0.4 is 0 Å². The minimum atomic E-state index is 0. The fourth-order valence-corrected chi connectivity index (χ4v) is 3.95. The van der Waals surface area contributed by atoms with Crippen LogP contribution in [-0.4, -0.2) is 9.78 Å². The maximum atomic E-state index is 5.09. The Balaban J connectivity index is 0.00000338. The normalized spacial score (nSPS) is 11.6. The Morgan fingerprint density at radius 2 is 1.04 bits per heavy atom. The summed E-state index contributed by atoms with van der Waals surface area (Å²) in [5.74, 6) is 0.853. The standard InChI is InChI=1S/C23H36N2.Pd/c1-12(2)22-21(23(13(3)4)25(24-22)14(5)6)20-18(10)16(8)15(7)17(9)19(20)11;/h12-14H,1-11H3;. The average Bonchev–Trinajstić information content (AvgIpc) is 2.92. The van der Waals surface area contributed by atoms with Gasteiger partial charge in [0.2, 0.25) is 0 Å². The first-order valence-corrected chi connectivity index (χ1v) is 9.70. The molecule has 2 nitrogen and oxygen atoms in total. The first kappa shape index (κ1) is 23.1. The van der Waals surface area contributed by atoms with Crippen molar-refractivity contribution in [2.75, 3.05) is 0 Å². The smallest absolute Gasteiger partial charge is 0.0731 e. The van der Waals surface area contributed by atoms with Crippen LogP contribution in [0, 0.1) is 34.6 Å². The maximum Gasteiger partial charge on any atom is 0.0731 e. The van der Waals surface area contributed by atoms with Crippen molar-refractivity contribution < 1.29 is 20.4 Å². The van der Waals surface area contributed by atoms with E-state index in [-0.39, 0.29) is 20.4 Å². The SMILES string of the molecule is Cc1c(C)c(C)c(-c2c(C(C)C)nn(C(C)C)c2C(C)C)c(C)c1C.[Pd].